The van der Waals surface area contributed by atoms with Gasteiger partial charge in [0, 0.05) is 39.8 Å². The fourth-order valence-corrected chi connectivity index (χ4v) is 5.43. The molecule has 0 radical (unpaired) electrons. The number of benzene rings is 2. The zero-order valence-corrected chi connectivity index (χ0v) is 21.7. The average molecular weight is 518 g/mol. The first-order valence-electron chi connectivity index (χ1n) is 12.8. The minimum atomic E-state index is -0.858. The number of nitrogens with one attached hydrogen (secondary N) is 3. The van der Waals surface area contributed by atoms with Crippen molar-refractivity contribution in [1.82, 2.24) is 15.6 Å². The lowest BCUT2D eigenvalue weighted by Gasteiger charge is -2.21. The molecule has 0 saturated carbocycles. The molecular weight excluding hydrogens is 482 g/mol. The topological polar surface area (TPSA) is 126 Å². The van der Waals surface area contributed by atoms with Crippen LogP contribution in [0.5, 0.6) is 0 Å². The van der Waals surface area contributed by atoms with Gasteiger partial charge < -0.3 is 27.1 Å². The van der Waals surface area contributed by atoms with Crippen molar-refractivity contribution in [2.24, 2.45) is 11.5 Å². The maximum absolute atomic E-state index is 13.3. The van der Waals surface area contributed by atoms with E-state index in [9.17, 15) is 9.59 Å². The summed E-state index contributed by atoms with van der Waals surface area (Å²) in [5.74, 6) is -0.606. The molecule has 7 N–H and O–H groups in total. The Kier molecular flexibility index (Phi) is 9.48. The van der Waals surface area contributed by atoms with Gasteiger partial charge in [-0.1, -0.05) is 48.5 Å². The smallest absolute Gasteiger partial charge is 0.242 e. The van der Waals surface area contributed by atoms with Crippen molar-refractivity contribution in [1.29, 1.82) is 0 Å². The SMILES string of the molecule is NCCCCc1ccc(CCNC(=O)[C@H](Cc2c[nH]c3ccccc23)NC(=O)[C@H](N)c2ccccc2)s1. The van der Waals surface area contributed by atoms with Gasteiger partial charge in [-0.15, -0.1) is 11.3 Å². The molecule has 2 atom stereocenters. The molecule has 4 aromatic rings. The summed E-state index contributed by atoms with van der Waals surface area (Å²) in [5.41, 5.74) is 14.5. The highest BCUT2D eigenvalue weighted by molar-refractivity contribution is 7.12. The monoisotopic (exact) mass is 517 g/mol. The van der Waals surface area contributed by atoms with E-state index >= 15 is 0 Å². The number of carbonyl (C=O) groups excluding carboxylic acids is 2. The van der Waals surface area contributed by atoms with Gasteiger partial charge in [0.2, 0.25) is 11.8 Å². The van der Waals surface area contributed by atoms with Crippen LogP contribution in [0.4, 0.5) is 0 Å². The lowest BCUT2D eigenvalue weighted by Crippen LogP contribution is -2.50. The van der Waals surface area contributed by atoms with Crippen molar-refractivity contribution >= 4 is 34.1 Å². The number of thiophene rings is 1. The summed E-state index contributed by atoms with van der Waals surface area (Å²) in [6, 6.07) is 19.8. The quantitative estimate of drug-likeness (QED) is 0.174. The van der Waals surface area contributed by atoms with E-state index in [0.717, 1.165) is 48.7 Å². The normalized spacial score (nSPS) is 12.8. The summed E-state index contributed by atoms with van der Waals surface area (Å²) in [7, 11) is 0. The van der Waals surface area contributed by atoms with Gasteiger partial charge in [-0.25, -0.2) is 0 Å². The molecule has 0 aliphatic carbocycles. The molecule has 2 aromatic heterocycles. The number of hydrogen-bond acceptors (Lipinski definition) is 5. The zero-order chi connectivity index (χ0) is 26.0. The maximum Gasteiger partial charge on any atom is 0.242 e. The number of rotatable bonds is 13. The molecule has 2 aromatic carbocycles. The highest BCUT2D eigenvalue weighted by atomic mass is 32.1. The van der Waals surface area contributed by atoms with Crippen LogP contribution in [0.1, 0.15) is 39.8 Å². The first-order valence-corrected chi connectivity index (χ1v) is 13.6. The number of amides is 2. The maximum atomic E-state index is 13.3. The first-order chi connectivity index (χ1) is 18.0. The molecule has 194 valence electrons. The van der Waals surface area contributed by atoms with Crippen molar-refractivity contribution < 1.29 is 9.59 Å². The molecule has 7 nitrogen and oxygen atoms in total. The number of fused-ring (bicyclic) bond motifs is 1. The van der Waals surface area contributed by atoms with Crippen LogP contribution in [0.15, 0.2) is 72.9 Å². The largest absolute Gasteiger partial charge is 0.361 e. The van der Waals surface area contributed by atoms with Crippen LogP contribution in [0.25, 0.3) is 10.9 Å². The molecule has 8 heteroatoms. The molecule has 0 saturated heterocycles. The molecule has 0 unspecified atom stereocenters. The molecule has 0 bridgehead atoms. The summed E-state index contributed by atoms with van der Waals surface area (Å²) < 4.78 is 0. The lowest BCUT2D eigenvalue weighted by molar-refractivity contribution is -0.129. The van der Waals surface area contributed by atoms with Gasteiger partial charge in [-0.3, -0.25) is 9.59 Å². The highest BCUT2D eigenvalue weighted by Crippen LogP contribution is 2.21. The molecule has 2 heterocycles. The minimum Gasteiger partial charge on any atom is -0.361 e. The number of aromatic amines is 1. The van der Waals surface area contributed by atoms with Crippen molar-refractivity contribution in [3.63, 3.8) is 0 Å². The second-order valence-corrected chi connectivity index (χ2v) is 10.4. The average Bonchev–Trinajstić information content (AvgIpc) is 3.55. The van der Waals surface area contributed by atoms with Gasteiger partial charge in [0.05, 0.1) is 0 Å². The molecule has 0 aliphatic rings. The number of para-hydroxylation sites is 1. The van der Waals surface area contributed by atoms with E-state index in [1.165, 1.54) is 9.75 Å². The second kappa shape index (κ2) is 13.2. The van der Waals surface area contributed by atoms with E-state index in [0.29, 0.717) is 18.5 Å². The molecular formula is C29H35N5O2S. The van der Waals surface area contributed by atoms with Crippen LogP contribution >= 0.6 is 11.3 Å². The third-order valence-corrected chi connectivity index (χ3v) is 7.64. The van der Waals surface area contributed by atoms with Gasteiger partial charge in [0.1, 0.15) is 12.1 Å². The number of aryl methyl sites for hydroxylation is 1. The third-order valence-electron chi connectivity index (χ3n) is 6.44. The summed E-state index contributed by atoms with van der Waals surface area (Å²) >= 11 is 1.78. The Morgan fingerprint density at radius 3 is 2.41 bits per heavy atom. The Morgan fingerprint density at radius 2 is 1.62 bits per heavy atom. The van der Waals surface area contributed by atoms with Crippen molar-refractivity contribution in [2.45, 2.75) is 44.2 Å². The molecule has 4 rings (SSSR count). The van der Waals surface area contributed by atoms with Crippen molar-refractivity contribution in [3.05, 3.63) is 93.8 Å². The highest BCUT2D eigenvalue weighted by Gasteiger charge is 2.25. The van der Waals surface area contributed by atoms with E-state index in [2.05, 4.69) is 27.8 Å². The fourth-order valence-electron chi connectivity index (χ4n) is 4.37. The van der Waals surface area contributed by atoms with E-state index in [-0.39, 0.29) is 11.8 Å². The summed E-state index contributed by atoms with van der Waals surface area (Å²) in [6.45, 7) is 1.21. The Morgan fingerprint density at radius 1 is 0.892 bits per heavy atom. The lowest BCUT2D eigenvalue weighted by atomic mass is 10.0. The summed E-state index contributed by atoms with van der Waals surface area (Å²) in [4.78, 5) is 32.1. The zero-order valence-electron chi connectivity index (χ0n) is 20.9. The molecule has 0 fully saturated rings. The van der Waals surface area contributed by atoms with Gasteiger partial charge in [0.25, 0.3) is 0 Å². The van der Waals surface area contributed by atoms with Crippen LogP contribution in [-0.2, 0) is 28.9 Å². The summed E-state index contributed by atoms with van der Waals surface area (Å²) in [5, 5.41) is 6.96. The van der Waals surface area contributed by atoms with Crippen molar-refractivity contribution in [2.75, 3.05) is 13.1 Å². The van der Waals surface area contributed by atoms with Gasteiger partial charge >= 0.3 is 0 Å². The third kappa shape index (κ3) is 7.29. The Hall–Kier alpha value is -3.46. The van der Waals surface area contributed by atoms with Crippen LogP contribution in [0.3, 0.4) is 0 Å². The van der Waals surface area contributed by atoms with E-state index < -0.39 is 12.1 Å². The van der Waals surface area contributed by atoms with Crippen LogP contribution in [0.2, 0.25) is 0 Å². The predicted octanol–water partition coefficient (Wildman–Crippen LogP) is 3.60. The van der Waals surface area contributed by atoms with Gasteiger partial charge in [0.15, 0.2) is 0 Å². The van der Waals surface area contributed by atoms with Crippen LogP contribution < -0.4 is 22.1 Å². The Balaban J connectivity index is 1.41. The fraction of sp³-hybridized carbons (Fsp3) is 0.310. The van der Waals surface area contributed by atoms with E-state index in [4.69, 9.17) is 11.5 Å². The van der Waals surface area contributed by atoms with Crippen LogP contribution in [-0.4, -0.2) is 35.9 Å². The number of H-pyrrole nitrogens is 1. The Labute approximate surface area is 221 Å². The van der Waals surface area contributed by atoms with E-state index in [1.807, 2.05) is 60.8 Å². The molecule has 2 amide bonds. The van der Waals surface area contributed by atoms with Gasteiger partial charge in [-0.05, 0) is 61.6 Å². The minimum absolute atomic E-state index is 0.224. The number of unbranched alkanes of at least 4 members (excludes halogenated alkanes) is 1. The van der Waals surface area contributed by atoms with Crippen molar-refractivity contribution in [3.8, 4) is 0 Å². The number of hydrogen-bond donors (Lipinski definition) is 5. The number of nitrogens with two attached hydrogens (primary N) is 2. The standard InChI is InChI=1S/C29H35N5O2S/c30-16-7-6-10-22-13-14-23(37-22)15-17-32-28(35)26(18-21-19-33-25-12-5-4-11-24(21)25)34-29(36)27(31)20-8-2-1-3-9-20/h1-5,8-9,11-14,19,26-27,33H,6-7,10,15-18,30-31H2,(H,32,35)(H,34,36)/t26-,27+/m0/s1. The first kappa shape index (κ1) is 26.6. The number of carbonyl (C=O) groups is 2. The predicted molar refractivity (Wildman–Crippen MR) is 150 cm³/mol. The Bertz CT molecular complexity index is 1300. The second-order valence-electron chi connectivity index (χ2n) is 9.17. The molecule has 0 aliphatic heterocycles. The van der Waals surface area contributed by atoms with Gasteiger partial charge in [-0.2, -0.15) is 0 Å². The molecule has 0 spiro atoms. The van der Waals surface area contributed by atoms with E-state index in [1.54, 1.807) is 11.3 Å². The molecule has 37 heavy (non-hydrogen) atoms. The van der Waals surface area contributed by atoms with Crippen LogP contribution in [0, 0.1) is 0 Å². The number of aromatic nitrogens is 1. The summed E-state index contributed by atoms with van der Waals surface area (Å²) in [6.07, 6.45) is 6.15.